The zero-order chi connectivity index (χ0) is 13.5. The Balaban J connectivity index is 1.95. The standard InChI is InChI=1S/C13H16N4OS/c1-14-11-9-12(17-13(16-11)19-2)18-8-6-10-5-3-4-7-15-10/h3-5,7,9H,6,8H2,1-2H3,(H,14,16,17). The number of ether oxygens (including phenoxy) is 1. The van der Waals surface area contributed by atoms with Crippen molar-refractivity contribution in [1.82, 2.24) is 15.0 Å². The summed E-state index contributed by atoms with van der Waals surface area (Å²) in [6.07, 6.45) is 4.48. The summed E-state index contributed by atoms with van der Waals surface area (Å²) in [6, 6.07) is 7.64. The molecular weight excluding hydrogens is 260 g/mol. The lowest BCUT2D eigenvalue weighted by Gasteiger charge is -2.08. The highest BCUT2D eigenvalue weighted by Gasteiger charge is 2.04. The Morgan fingerprint density at radius 1 is 1.32 bits per heavy atom. The molecule has 2 aromatic heterocycles. The smallest absolute Gasteiger partial charge is 0.219 e. The molecule has 0 amide bonds. The average Bonchev–Trinajstić information content (AvgIpc) is 2.48. The summed E-state index contributed by atoms with van der Waals surface area (Å²) in [6.45, 7) is 0.547. The van der Waals surface area contributed by atoms with Crippen molar-refractivity contribution in [2.75, 3.05) is 25.2 Å². The Bertz CT molecular complexity index is 499. The molecule has 0 aromatic carbocycles. The lowest BCUT2D eigenvalue weighted by molar-refractivity contribution is 0.305. The molecule has 5 nitrogen and oxygen atoms in total. The van der Waals surface area contributed by atoms with Gasteiger partial charge in [0.25, 0.3) is 0 Å². The van der Waals surface area contributed by atoms with Gasteiger partial charge in [-0.05, 0) is 18.4 Å². The largest absolute Gasteiger partial charge is 0.477 e. The lowest BCUT2D eigenvalue weighted by Crippen LogP contribution is -2.05. The minimum absolute atomic E-state index is 0.547. The minimum atomic E-state index is 0.547. The van der Waals surface area contributed by atoms with Crippen LogP contribution >= 0.6 is 11.8 Å². The third-order valence-corrected chi connectivity index (χ3v) is 3.00. The Kier molecular flexibility index (Phi) is 4.97. The van der Waals surface area contributed by atoms with Crippen molar-refractivity contribution in [3.63, 3.8) is 0 Å². The van der Waals surface area contributed by atoms with E-state index in [2.05, 4.69) is 20.3 Å². The van der Waals surface area contributed by atoms with Crippen LogP contribution in [0.1, 0.15) is 5.69 Å². The first-order valence-corrected chi connectivity index (χ1v) is 7.18. The van der Waals surface area contributed by atoms with Crippen molar-refractivity contribution < 1.29 is 4.74 Å². The first kappa shape index (κ1) is 13.6. The minimum Gasteiger partial charge on any atom is -0.477 e. The van der Waals surface area contributed by atoms with E-state index in [1.807, 2.05) is 31.5 Å². The van der Waals surface area contributed by atoms with E-state index in [0.29, 0.717) is 17.6 Å². The van der Waals surface area contributed by atoms with Gasteiger partial charge in [0.15, 0.2) is 5.16 Å². The van der Waals surface area contributed by atoms with E-state index in [9.17, 15) is 0 Å². The van der Waals surface area contributed by atoms with Crippen molar-refractivity contribution in [3.8, 4) is 5.88 Å². The molecule has 0 aliphatic rings. The van der Waals surface area contributed by atoms with E-state index in [0.717, 1.165) is 17.9 Å². The van der Waals surface area contributed by atoms with Crippen molar-refractivity contribution in [1.29, 1.82) is 0 Å². The number of nitrogens with zero attached hydrogens (tertiary/aromatic N) is 3. The molecule has 1 N–H and O–H groups in total. The van der Waals surface area contributed by atoms with Gasteiger partial charge in [-0.2, -0.15) is 4.98 Å². The third-order valence-electron chi connectivity index (χ3n) is 2.46. The van der Waals surface area contributed by atoms with Gasteiger partial charge in [0.1, 0.15) is 5.82 Å². The van der Waals surface area contributed by atoms with Crippen LogP contribution in [0.4, 0.5) is 5.82 Å². The van der Waals surface area contributed by atoms with E-state index in [1.165, 1.54) is 11.8 Å². The van der Waals surface area contributed by atoms with E-state index in [4.69, 9.17) is 4.74 Å². The number of anilines is 1. The van der Waals surface area contributed by atoms with Crippen LogP contribution in [0.25, 0.3) is 0 Å². The second kappa shape index (κ2) is 6.94. The van der Waals surface area contributed by atoms with E-state index in [-0.39, 0.29) is 0 Å². The van der Waals surface area contributed by atoms with Crippen LogP contribution in [0, 0.1) is 0 Å². The maximum Gasteiger partial charge on any atom is 0.219 e. The van der Waals surface area contributed by atoms with Gasteiger partial charge in [0, 0.05) is 31.4 Å². The molecule has 0 radical (unpaired) electrons. The van der Waals surface area contributed by atoms with Gasteiger partial charge in [0.05, 0.1) is 6.61 Å². The van der Waals surface area contributed by atoms with Gasteiger partial charge in [-0.25, -0.2) is 4.98 Å². The summed E-state index contributed by atoms with van der Waals surface area (Å²) in [5, 5.41) is 3.69. The average molecular weight is 276 g/mol. The third kappa shape index (κ3) is 4.10. The van der Waals surface area contributed by atoms with Gasteiger partial charge in [-0.15, -0.1) is 0 Å². The maximum atomic E-state index is 5.65. The highest BCUT2D eigenvalue weighted by molar-refractivity contribution is 7.98. The molecule has 2 rings (SSSR count). The van der Waals surface area contributed by atoms with Gasteiger partial charge in [-0.1, -0.05) is 17.8 Å². The molecule has 0 bridgehead atoms. The molecule has 0 saturated carbocycles. The molecule has 0 spiro atoms. The molecule has 0 fully saturated rings. The molecule has 2 heterocycles. The van der Waals surface area contributed by atoms with E-state index >= 15 is 0 Å². The predicted octanol–water partition coefficient (Wildman–Crippen LogP) is 2.26. The molecule has 0 unspecified atom stereocenters. The topological polar surface area (TPSA) is 59.9 Å². The van der Waals surface area contributed by atoms with Crippen LogP contribution in [0.15, 0.2) is 35.6 Å². The number of aromatic nitrogens is 3. The molecule has 2 aromatic rings. The fraction of sp³-hybridized carbons (Fsp3) is 0.308. The normalized spacial score (nSPS) is 10.2. The van der Waals surface area contributed by atoms with Gasteiger partial charge in [-0.3, -0.25) is 4.98 Å². The van der Waals surface area contributed by atoms with Crippen LogP contribution in [-0.2, 0) is 6.42 Å². The Morgan fingerprint density at radius 3 is 2.89 bits per heavy atom. The van der Waals surface area contributed by atoms with Crippen LogP contribution in [0.3, 0.4) is 0 Å². The molecule has 0 atom stereocenters. The summed E-state index contributed by atoms with van der Waals surface area (Å²) in [5.74, 6) is 1.34. The molecule has 19 heavy (non-hydrogen) atoms. The van der Waals surface area contributed by atoms with Crippen molar-refractivity contribution in [2.24, 2.45) is 0 Å². The zero-order valence-corrected chi connectivity index (χ0v) is 11.8. The molecule has 6 heteroatoms. The second-order valence-corrected chi connectivity index (χ2v) is 4.52. The summed E-state index contributed by atoms with van der Waals surface area (Å²) in [7, 11) is 1.82. The summed E-state index contributed by atoms with van der Waals surface area (Å²) >= 11 is 1.49. The van der Waals surface area contributed by atoms with Crippen molar-refractivity contribution in [2.45, 2.75) is 11.6 Å². The van der Waals surface area contributed by atoms with Crippen molar-refractivity contribution >= 4 is 17.6 Å². The summed E-state index contributed by atoms with van der Waals surface area (Å²) in [5.41, 5.74) is 1.01. The molecule has 0 aliphatic carbocycles. The fourth-order valence-corrected chi connectivity index (χ4v) is 1.87. The number of pyridine rings is 1. The van der Waals surface area contributed by atoms with Crippen molar-refractivity contribution in [3.05, 3.63) is 36.2 Å². The monoisotopic (exact) mass is 276 g/mol. The second-order valence-electron chi connectivity index (χ2n) is 3.75. The molecule has 100 valence electrons. The zero-order valence-electron chi connectivity index (χ0n) is 11.0. The quantitative estimate of drug-likeness (QED) is 0.645. The maximum absolute atomic E-state index is 5.65. The Labute approximate surface area is 116 Å². The fourth-order valence-electron chi connectivity index (χ4n) is 1.50. The lowest BCUT2D eigenvalue weighted by atomic mass is 10.3. The predicted molar refractivity (Wildman–Crippen MR) is 76.8 cm³/mol. The molecular formula is C13H16N4OS. The van der Waals surface area contributed by atoms with Crippen LogP contribution < -0.4 is 10.1 Å². The van der Waals surface area contributed by atoms with E-state index in [1.54, 1.807) is 12.3 Å². The van der Waals surface area contributed by atoms with Crippen LogP contribution in [0.5, 0.6) is 5.88 Å². The summed E-state index contributed by atoms with van der Waals surface area (Å²) in [4.78, 5) is 12.8. The Morgan fingerprint density at radius 2 is 2.21 bits per heavy atom. The highest BCUT2D eigenvalue weighted by atomic mass is 32.2. The van der Waals surface area contributed by atoms with Crippen LogP contribution in [-0.4, -0.2) is 34.9 Å². The number of hydrogen-bond acceptors (Lipinski definition) is 6. The van der Waals surface area contributed by atoms with Crippen LogP contribution in [0.2, 0.25) is 0 Å². The number of rotatable bonds is 6. The highest BCUT2D eigenvalue weighted by Crippen LogP contribution is 2.18. The first-order valence-electron chi connectivity index (χ1n) is 5.95. The number of nitrogens with one attached hydrogen (secondary N) is 1. The molecule has 0 saturated heterocycles. The summed E-state index contributed by atoms with van der Waals surface area (Å²) < 4.78 is 5.65. The SMILES string of the molecule is CNc1cc(OCCc2ccccn2)nc(SC)n1. The number of hydrogen-bond donors (Lipinski definition) is 1. The first-order chi connectivity index (χ1) is 9.31. The van der Waals surface area contributed by atoms with Gasteiger partial charge in [0.2, 0.25) is 5.88 Å². The van der Waals surface area contributed by atoms with Gasteiger partial charge >= 0.3 is 0 Å². The van der Waals surface area contributed by atoms with Gasteiger partial charge < -0.3 is 10.1 Å². The molecule has 0 aliphatic heterocycles. The number of thioether (sulfide) groups is 1. The Hall–Kier alpha value is -1.82. The van der Waals surface area contributed by atoms with E-state index < -0.39 is 0 Å².